The summed E-state index contributed by atoms with van der Waals surface area (Å²) in [5.41, 5.74) is 4.75. The fourth-order valence-corrected chi connectivity index (χ4v) is 2.00. The van der Waals surface area contributed by atoms with E-state index in [-0.39, 0.29) is 6.04 Å². The predicted molar refractivity (Wildman–Crippen MR) is 51.6 cm³/mol. The third-order valence-electron chi connectivity index (χ3n) is 3.27. The van der Waals surface area contributed by atoms with Gasteiger partial charge in [0.05, 0.1) is 5.54 Å². The van der Waals surface area contributed by atoms with E-state index in [0.29, 0.717) is 25.7 Å². The van der Waals surface area contributed by atoms with Gasteiger partial charge in [-0.3, -0.25) is 4.79 Å². The van der Waals surface area contributed by atoms with Gasteiger partial charge in [-0.25, -0.2) is 0 Å². The molecule has 0 atom stereocenters. The highest BCUT2D eigenvalue weighted by Crippen LogP contribution is 2.37. The standard InChI is InChI=1S/C10H15F3N2O/c11-10(12,13)6-15(7-2-3-7)8(16)9(14)4-1-5-9/h7H,1-6,14H2. The molecule has 0 unspecified atom stereocenters. The summed E-state index contributed by atoms with van der Waals surface area (Å²) in [5.74, 6) is -0.515. The maximum Gasteiger partial charge on any atom is 0.406 e. The van der Waals surface area contributed by atoms with E-state index >= 15 is 0 Å². The molecule has 2 aliphatic carbocycles. The Morgan fingerprint density at radius 2 is 1.94 bits per heavy atom. The minimum absolute atomic E-state index is 0.241. The van der Waals surface area contributed by atoms with E-state index in [2.05, 4.69) is 0 Å². The molecule has 3 nitrogen and oxygen atoms in total. The minimum Gasteiger partial charge on any atom is -0.329 e. The van der Waals surface area contributed by atoms with Crippen LogP contribution in [-0.2, 0) is 4.79 Å². The van der Waals surface area contributed by atoms with Gasteiger partial charge in [0.1, 0.15) is 6.54 Å². The molecule has 2 N–H and O–H groups in total. The van der Waals surface area contributed by atoms with Crippen molar-refractivity contribution < 1.29 is 18.0 Å². The molecular formula is C10H15F3N2O. The number of amides is 1. The molecule has 0 bridgehead atoms. The summed E-state index contributed by atoms with van der Waals surface area (Å²) in [6, 6.07) is -0.241. The fraction of sp³-hybridized carbons (Fsp3) is 0.900. The second-order valence-electron chi connectivity index (χ2n) is 4.79. The zero-order valence-corrected chi connectivity index (χ0v) is 8.89. The molecule has 0 spiro atoms. The van der Waals surface area contributed by atoms with Gasteiger partial charge in [-0.2, -0.15) is 13.2 Å². The molecule has 2 rings (SSSR count). The summed E-state index contributed by atoms with van der Waals surface area (Å²) in [5, 5.41) is 0. The second kappa shape index (κ2) is 3.61. The van der Waals surface area contributed by atoms with Crippen molar-refractivity contribution >= 4 is 5.91 Å². The van der Waals surface area contributed by atoms with Crippen molar-refractivity contribution in [1.29, 1.82) is 0 Å². The molecule has 92 valence electrons. The molecular weight excluding hydrogens is 221 g/mol. The van der Waals surface area contributed by atoms with Crippen molar-refractivity contribution in [2.75, 3.05) is 6.54 Å². The van der Waals surface area contributed by atoms with Crippen LogP contribution in [0.1, 0.15) is 32.1 Å². The van der Waals surface area contributed by atoms with Crippen molar-refractivity contribution in [2.24, 2.45) is 5.73 Å². The van der Waals surface area contributed by atoms with Crippen LogP contribution in [0.5, 0.6) is 0 Å². The lowest BCUT2D eigenvalue weighted by molar-refractivity contribution is -0.167. The Balaban J connectivity index is 2.04. The van der Waals surface area contributed by atoms with Crippen molar-refractivity contribution in [2.45, 2.75) is 49.9 Å². The Morgan fingerprint density at radius 3 is 2.25 bits per heavy atom. The molecule has 6 heteroatoms. The van der Waals surface area contributed by atoms with Crippen LogP contribution in [0, 0.1) is 0 Å². The second-order valence-corrected chi connectivity index (χ2v) is 4.79. The average Bonchev–Trinajstić information content (AvgIpc) is 2.90. The van der Waals surface area contributed by atoms with E-state index in [9.17, 15) is 18.0 Å². The molecule has 0 aromatic rings. The van der Waals surface area contributed by atoms with E-state index in [1.165, 1.54) is 0 Å². The Kier molecular flexibility index (Phi) is 2.64. The zero-order chi connectivity index (χ0) is 12.0. The first-order valence-electron chi connectivity index (χ1n) is 5.48. The lowest BCUT2D eigenvalue weighted by Crippen LogP contribution is -2.61. The van der Waals surface area contributed by atoms with E-state index in [0.717, 1.165) is 11.3 Å². The van der Waals surface area contributed by atoms with Gasteiger partial charge in [0.25, 0.3) is 0 Å². The number of carbonyl (C=O) groups is 1. The minimum atomic E-state index is -4.33. The van der Waals surface area contributed by atoms with Gasteiger partial charge in [0, 0.05) is 6.04 Å². The summed E-state index contributed by atoms with van der Waals surface area (Å²) in [4.78, 5) is 12.8. The normalized spacial score (nSPS) is 23.8. The molecule has 0 aromatic heterocycles. The van der Waals surface area contributed by atoms with Gasteiger partial charge in [-0.05, 0) is 32.1 Å². The number of alkyl halides is 3. The van der Waals surface area contributed by atoms with Gasteiger partial charge in [0.2, 0.25) is 5.91 Å². The van der Waals surface area contributed by atoms with Crippen molar-refractivity contribution in [3.05, 3.63) is 0 Å². The van der Waals surface area contributed by atoms with Crippen LogP contribution in [0.2, 0.25) is 0 Å². The molecule has 0 saturated heterocycles. The van der Waals surface area contributed by atoms with Crippen molar-refractivity contribution in [1.82, 2.24) is 4.90 Å². The highest BCUT2D eigenvalue weighted by atomic mass is 19.4. The van der Waals surface area contributed by atoms with Gasteiger partial charge in [-0.15, -0.1) is 0 Å². The number of nitrogens with zero attached hydrogens (tertiary/aromatic N) is 1. The fourth-order valence-electron chi connectivity index (χ4n) is 2.00. The Labute approximate surface area is 91.8 Å². The predicted octanol–water partition coefficient (Wildman–Crippen LogP) is 1.42. The molecule has 0 aromatic carbocycles. The number of rotatable bonds is 3. The van der Waals surface area contributed by atoms with Crippen LogP contribution in [0.25, 0.3) is 0 Å². The van der Waals surface area contributed by atoms with E-state index in [1.807, 2.05) is 0 Å². The molecule has 0 aliphatic heterocycles. The van der Waals surface area contributed by atoms with E-state index in [4.69, 9.17) is 5.73 Å². The van der Waals surface area contributed by atoms with Gasteiger partial charge < -0.3 is 10.6 Å². The molecule has 2 aliphatic rings. The Hall–Kier alpha value is -0.780. The number of nitrogens with two attached hydrogens (primary N) is 1. The van der Waals surface area contributed by atoms with Crippen LogP contribution < -0.4 is 5.73 Å². The number of carbonyl (C=O) groups excluding carboxylic acids is 1. The third kappa shape index (κ3) is 2.31. The first-order valence-corrected chi connectivity index (χ1v) is 5.48. The van der Waals surface area contributed by atoms with E-state index in [1.54, 1.807) is 0 Å². The smallest absolute Gasteiger partial charge is 0.329 e. The van der Waals surface area contributed by atoms with Gasteiger partial charge in [-0.1, -0.05) is 0 Å². The maximum absolute atomic E-state index is 12.3. The summed E-state index contributed by atoms with van der Waals surface area (Å²) in [7, 11) is 0. The van der Waals surface area contributed by atoms with Crippen molar-refractivity contribution in [3.63, 3.8) is 0 Å². The van der Waals surface area contributed by atoms with Crippen LogP contribution in [0.3, 0.4) is 0 Å². The molecule has 2 fully saturated rings. The quantitative estimate of drug-likeness (QED) is 0.805. The number of hydrogen-bond acceptors (Lipinski definition) is 2. The Bertz CT molecular complexity index is 295. The third-order valence-corrected chi connectivity index (χ3v) is 3.27. The molecule has 0 radical (unpaired) electrons. The molecule has 2 saturated carbocycles. The van der Waals surface area contributed by atoms with Crippen molar-refractivity contribution in [3.8, 4) is 0 Å². The van der Waals surface area contributed by atoms with E-state index < -0.39 is 24.2 Å². The van der Waals surface area contributed by atoms with Gasteiger partial charge in [0.15, 0.2) is 0 Å². The summed E-state index contributed by atoms with van der Waals surface area (Å²) in [6.07, 6.45) is -1.17. The van der Waals surface area contributed by atoms with Crippen LogP contribution in [-0.4, -0.2) is 35.1 Å². The van der Waals surface area contributed by atoms with Gasteiger partial charge >= 0.3 is 6.18 Å². The largest absolute Gasteiger partial charge is 0.406 e. The topological polar surface area (TPSA) is 46.3 Å². The Morgan fingerprint density at radius 1 is 1.38 bits per heavy atom. The maximum atomic E-state index is 12.3. The average molecular weight is 236 g/mol. The highest BCUT2D eigenvalue weighted by molar-refractivity contribution is 5.87. The van der Waals surface area contributed by atoms with Crippen LogP contribution in [0.15, 0.2) is 0 Å². The monoisotopic (exact) mass is 236 g/mol. The lowest BCUT2D eigenvalue weighted by Gasteiger charge is -2.40. The number of hydrogen-bond donors (Lipinski definition) is 1. The first-order chi connectivity index (χ1) is 7.32. The summed E-state index contributed by atoms with van der Waals surface area (Å²) >= 11 is 0. The lowest BCUT2D eigenvalue weighted by atomic mass is 9.76. The molecule has 0 heterocycles. The van der Waals surface area contributed by atoms with Crippen LogP contribution in [0.4, 0.5) is 13.2 Å². The molecule has 1 amide bonds. The molecule has 16 heavy (non-hydrogen) atoms. The van der Waals surface area contributed by atoms with Crippen LogP contribution >= 0.6 is 0 Å². The number of halogens is 3. The SMILES string of the molecule is NC1(C(=O)N(CC(F)(F)F)C2CC2)CCC1. The summed E-state index contributed by atoms with van der Waals surface area (Å²) in [6.45, 7) is -1.16. The first kappa shape index (κ1) is 11.7. The summed E-state index contributed by atoms with van der Waals surface area (Å²) < 4.78 is 37.0. The highest BCUT2D eigenvalue weighted by Gasteiger charge is 2.49. The zero-order valence-electron chi connectivity index (χ0n) is 8.89.